The highest BCUT2D eigenvalue weighted by molar-refractivity contribution is 14.1. The van der Waals surface area contributed by atoms with Gasteiger partial charge in [-0.3, -0.25) is 5.41 Å². The van der Waals surface area contributed by atoms with E-state index in [9.17, 15) is 13.2 Å². The normalized spacial score (nSPS) is 24.2. The van der Waals surface area contributed by atoms with E-state index in [0.29, 0.717) is 0 Å². The van der Waals surface area contributed by atoms with Crippen LogP contribution in [0.4, 0.5) is 13.2 Å². The van der Waals surface area contributed by atoms with Gasteiger partial charge in [0.2, 0.25) is 0 Å². The Kier molecular flexibility index (Phi) is 2.55. The summed E-state index contributed by atoms with van der Waals surface area (Å²) in [4.78, 5) is 3.29. The van der Waals surface area contributed by atoms with Gasteiger partial charge in [0.25, 0.3) is 0 Å². The molecule has 0 fully saturated rings. The second-order valence-corrected chi connectivity index (χ2v) is 3.46. The molecule has 0 radical (unpaired) electrons. The number of alkyl halides is 3. The van der Waals surface area contributed by atoms with E-state index in [1.165, 1.54) is 0 Å². The van der Waals surface area contributed by atoms with Crippen LogP contribution in [0.1, 0.15) is 0 Å². The lowest BCUT2D eigenvalue weighted by Crippen LogP contribution is -2.26. The van der Waals surface area contributed by atoms with E-state index in [0.717, 1.165) is 12.3 Å². The Labute approximate surface area is 80.2 Å². The molecule has 0 amide bonds. The highest BCUT2D eigenvalue weighted by Crippen LogP contribution is 2.35. The smallest absolute Gasteiger partial charge is 0.283 e. The Bertz CT molecular complexity index is 266. The summed E-state index contributed by atoms with van der Waals surface area (Å²) in [5, 5.41) is 6.97. The Morgan fingerprint density at radius 1 is 1.50 bits per heavy atom. The van der Waals surface area contributed by atoms with Crippen molar-refractivity contribution in [1.29, 1.82) is 5.41 Å². The van der Waals surface area contributed by atoms with Gasteiger partial charge in [-0.05, 0) is 28.7 Å². The molecule has 0 saturated carbocycles. The number of amidine groups is 1. The minimum absolute atomic E-state index is 0.0834. The van der Waals surface area contributed by atoms with E-state index in [1.807, 2.05) is 0 Å². The van der Waals surface area contributed by atoms with Crippen LogP contribution in [-0.2, 0) is 0 Å². The highest BCUT2D eigenvalue weighted by atomic mass is 127. The van der Waals surface area contributed by atoms with E-state index in [2.05, 4.69) is 4.99 Å². The van der Waals surface area contributed by atoms with Crippen molar-refractivity contribution in [3.05, 3.63) is 9.66 Å². The maximum atomic E-state index is 12.1. The Morgan fingerprint density at radius 3 is 2.50 bits per heavy atom. The molecule has 2 nitrogen and oxygen atoms in total. The number of allylic oxidation sites excluding steroid dienone is 1. The molecule has 0 aromatic carbocycles. The van der Waals surface area contributed by atoms with E-state index < -0.39 is 12.1 Å². The first-order valence-electron chi connectivity index (χ1n) is 2.98. The number of nitrogens with zero attached hydrogens (tertiary/aromatic N) is 1. The lowest BCUT2D eigenvalue weighted by Gasteiger charge is -2.17. The van der Waals surface area contributed by atoms with Crippen molar-refractivity contribution >= 4 is 34.6 Å². The number of aliphatic imine (C=N–C) groups is 1. The summed E-state index contributed by atoms with van der Waals surface area (Å²) < 4.78 is 36.4. The molecule has 12 heavy (non-hydrogen) atoms. The molecular weight excluding hydrogens is 284 g/mol. The van der Waals surface area contributed by atoms with Crippen LogP contribution >= 0.6 is 22.6 Å². The largest absolute Gasteiger partial charge is 0.401 e. The lowest BCUT2D eigenvalue weighted by atomic mass is 10.1. The van der Waals surface area contributed by atoms with E-state index in [1.54, 1.807) is 22.6 Å². The molecule has 0 aliphatic carbocycles. The molecule has 0 aromatic heterocycles. The van der Waals surface area contributed by atoms with Gasteiger partial charge in [-0.15, -0.1) is 0 Å². The topological polar surface area (TPSA) is 36.2 Å². The zero-order valence-corrected chi connectivity index (χ0v) is 7.85. The summed E-state index contributed by atoms with van der Waals surface area (Å²) in [5.41, 5.74) is 0. The molecule has 0 bridgehead atoms. The van der Waals surface area contributed by atoms with Gasteiger partial charge in [-0.1, -0.05) is 0 Å². The zero-order valence-electron chi connectivity index (χ0n) is 5.69. The quantitative estimate of drug-likeness (QED) is 0.665. The van der Waals surface area contributed by atoms with Gasteiger partial charge < -0.3 is 0 Å². The van der Waals surface area contributed by atoms with Gasteiger partial charge >= 0.3 is 6.18 Å². The van der Waals surface area contributed by atoms with Gasteiger partial charge in [0, 0.05) is 9.79 Å². The Hall–Kier alpha value is -0.400. The fourth-order valence-electron chi connectivity index (χ4n) is 0.725. The second-order valence-electron chi connectivity index (χ2n) is 2.21. The van der Waals surface area contributed by atoms with Crippen molar-refractivity contribution in [3.8, 4) is 0 Å². The Balaban J connectivity index is 2.90. The lowest BCUT2D eigenvalue weighted by molar-refractivity contribution is -0.143. The molecule has 1 N–H and O–H groups in total. The summed E-state index contributed by atoms with van der Waals surface area (Å²) >= 11 is 1.57. The van der Waals surface area contributed by atoms with Crippen molar-refractivity contribution in [1.82, 2.24) is 0 Å². The van der Waals surface area contributed by atoms with Crippen molar-refractivity contribution in [2.75, 3.05) is 0 Å². The summed E-state index contributed by atoms with van der Waals surface area (Å²) in [7, 11) is 0. The molecule has 1 unspecified atom stereocenters. The third kappa shape index (κ3) is 2.05. The molecule has 1 atom stereocenters. The molecule has 1 heterocycles. The van der Waals surface area contributed by atoms with Crippen LogP contribution in [0.5, 0.6) is 0 Å². The molecule has 0 saturated heterocycles. The molecule has 6 heteroatoms. The number of nitrogens with one attached hydrogen (secondary N) is 1. The predicted molar refractivity (Wildman–Crippen MR) is 47.9 cm³/mol. The molecule has 1 aliphatic rings. The first-order chi connectivity index (χ1) is 5.41. The third-order valence-corrected chi connectivity index (χ3v) is 2.27. The standard InChI is InChI=1S/C6H4F3IN2/c7-6(8,9)3-2-12-5(11)1-4(3)10/h1-3,11H. The number of dihydropyridines is 1. The average molecular weight is 288 g/mol. The summed E-state index contributed by atoms with van der Waals surface area (Å²) in [6, 6.07) is 0. The number of halogens is 4. The van der Waals surface area contributed by atoms with Crippen LogP contribution in [0.2, 0.25) is 0 Å². The van der Waals surface area contributed by atoms with Crippen LogP contribution in [0.25, 0.3) is 0 Å². The van der Waals surface area contributed by atoms with Gasteiger partial charge in [0.15, 0.2) is 0 Å². The number of hydrogen-bond donors (Lipinski definition) is 1. The molecule has 1 rings (SSSR count). The molecule has 1 aliphatic heterocycles. The number of rotatable bonds is 0. The molecule has 0 spiro atoms. The van der Waals surface area contributed by atoms with Crippen molar-refractivity contribution < 1.29 is 13.2 Å². The predicted octanol–water partition coefficient (Wildman–Crippen LogP) is 2.55. The average Bonchev–Trinajstić information content (AvgIpc) is 1.83. The zero-order chi connectivity index (χ0) is 9.35. The summed E-state index contributed by atoms with van der Waals surface area (Å²) in [5.74, 6) is -1.77. The van der Waals surface area contributed by atoms with Gasteiger partial charge in [0.1, 0.15) is 11.8 Å². The molecule has 66 valence electrons. The summed E-state index contributed by atoms with van der Waals surface area (Å²) in [6.45, 7) is 0. The van der Waals surface area contributed by atoms with Crippen LogP contribution in [0.15, 0.2) is 14.6 Å². The molecular formula is C6H4F3IN2. The highest BCUT2D eigenvalue weighted by Gasteiger charge is 2.41. The number of hydrogen-bond acceptors (Lipinski definition) is 1. The maximum absolute atomic E-state index is 12.1. The van der Waals surface area contributed by atoms with Gasteiger partial charge in [-0.25, -0.2) is 4.99 Å². The van der Waals surface area contributed by atoms with E-state index in [4.69, 9.17) is 5.41 Å². The minimum Gasteiger partial charge on any atom is -0.283 e. The first-order valence-corrected chi connectivity index (χ1v) is 4.05. The fourth-order valence-corrected chi connectivity index (χ4v) is 1.53. The fraction of sp³-hybridized carbons (Fsp3) is 0.333. The monoisotopic (exact) mass is 288 g/mol. The third-order valence-electron chi connectivity index (χ3n) is 1.29. The molecule has 0 aromatic rings. The van der Waals surface area contributed by atoms with E-state index >= 15 is 0 Å². The van der Waals surface area contributed by atoms with Gasteiger partial charge in [-0.2, -0.15) is 13.2 Å². The Morgan fingerprint density at radius 2 is 2.08 bits per heavy atom. The van der Waals surface area contributed by atoms with Crippen molar-refractivity contribution in [3.63, 3.8) is 0 Å². The maximum Gasteiger partial charge on any atom is 0.401 e. The first kappa shape index (κ1) is 9.69. The summed E-state index contributed by atoms with van der Waals surface area (Å²) in [6.07, 6.45) is -2.43. The second kappa shape index (κ2) is 3.15. The minimum atomic E-state index is -4.29. The van der Waals surface area contributed by atoms with Gasteiger partial charge in [0.05, 0.1) is 0 Å². The van der Waals surface area contributed by atoms with Crippen LogP contribution in [0, 0.1) is 11.3 Å². The van der Waals surface area contributed by atoms with Crippen LogP contribution in [-0.4, -0.2) is 18.2 Å². The van der Waals surface area contributed by atoms with Crippen molar-refractivity contribution in [2.24, 2.45) is 10.9 Å². The SMILES string of the molecule is N=C1C=C(I)C(C(F)(F)F)C=N1. The van der Waals surface area contributed by atoms with Crippen molar-refractivity contribution in [2.45, 2.75) is 6.18 Å². The van der Waals surface area contributed by atoms with Crippen LogP contribution in [0.3, 0.4) is 0 Å². The van der Waals surface area contributed by atoms with Crippen LogP contribution < -0.4 is 0 Å². The van der Waals surface area contributed by atoms with E-state index in [-0.39, 0.29) is 9.42 Å².